The van der Waals surface area contributed by atoms with Crippen LogP contribution in [0.5, 0.6) is 0 Å². The van der Waals surface area contributed by atoms with Crippen LogP contribution in [0.15, 0.2) is 24.8 Å². The van der Waals surface area contributed by atoms with Gasteiger partial charge < -0.3 is 4.98 Å². The third-order valence-electron chi connectivity index (χ3n) is 1.41. The van der Waals surface area contributed by atoms with Gasteiger partial charge in [0, 0.05) is 6.04 Å². The van der Waals surface area contributed by atoms with Gasteiger partial charge in [-0.15, -0.1) is 0 Å². The Bertz CT molecular complexity index is 393. The van der Waals surface area contributed by atoms with Crippen molar-refractivity contribution in [2.24, 2.45) is 7.05 Å². The summed E-state index contributed by atoms with van der Waals surface area (Å²) in [7, 11) is 1.88. The number of aryl methyl sites for hydroxylation is 1. The molecule has 0 saturated carbocycles. The van der Waals surface area contributed by atoms with E-state index in [2.05, 4.69) is 9.97 Å². The second-order valence-corrected chi connectivity index (χ2v) is 2.23. The van der Waals surface area contributed by atoms with Crippen LogP contribution in [0, 0.1) is 0 Å². The van der Waals surface area contributed by atoms with E-state index in [1.807, 2.05) is 17.8 Å². The number of aromatic nitrogens is 3. The number of nitrogens with zero attached hydrogens (tertiary/aromatic N) is 2. The van der Waals surface area contributed by atoms with Crippen molar-refractivity contribution in [2.45, 2.75) is 0 Å². The molecule has 2 rings (SSSR count). The molecule has 0 fully saturated rings. The van der Waals surface area contributed by atoms with Crippen LogP contribution in [0.1, 0.15) is 1.37 Å². The number of hydrogen-bond donors (Lipinski definition) is 1. The molecule has 0 saturated heterocycles. The van der Waals surface area contributed by atoms with Gasteiger partial charge in [0.1, 0.15) is 7.05 Å². The second-order valence-electron chi connectivity index (χ2n) is 2.23. The molecular weight excluding hydrogens is 126 g/mol. The maximum Gasteiger partial charge on any atom is 0.196 e. The Hall–Kier alpha value is -1.38. The van der Waals surface area contributed by atoms with E-state index < -0.39 is 0 Å². The summed E-state index contributed by atoms with van der Waals surface area (Å²) in [4.78, 5) is 6.95. The molecule has 0 aliphatic rings. The van der Waals surface area contributed by atoms with Gasteiger partial charge in [0.25, 0.3) is 0 Å². The fraction of sp³-hybridized carbons (Fsp3) is 0.143. The van der Waals surface area contributed by atoms with E-state index in [1.54, 1.807) is 12.5 Å². The SMILES string of the molecule is [2H]c1c[n+](C)cc2nc[nH]c12. The monoisotopic (exact) mass is 135 g/mol. The molecule has 10 heavy (non-hydrogen) atoms. The highest BCUT2D eigenvalue weighted by Crippen LogP contribution is 2.02. The molecule has 0 atom stereocenters. The number of fused-ring (bicyclic) bond motifs is 1. The highest BCUT2D eigenvalue weighted by molar-refractivity contribution is 5.71. The summed E-state index contributed by atoms with van der Waals surface area (Å²) in [6.07, 6.45) is 5.22. The zero-order valence-electron chi connectivity index (χ0n) is 6.63. The highest BCUT2D eigenvalue weighted by atomic mass is 14.9. The molecule has 2 heterocycles. The smallest absolute Gasteiger partial charge is 0.196 e. The van der Waals surface area contributed by atoms with E-state index in [1.165, 1.54) is 0 Å². The first-order chi connectivity index (χ1) is 5.27. The Labute approximate surface area is 59.7 Å². The maximum atomic E-state index is 7.53. The van der Waals surface area contributed by atoms with E-state index in [-0.39, 0.29) is 0 Å². The van der Waals surface area contributed by atoms with E-state index in [4.69, 9.17) is 1.37 Å². The average Bonchev–Trinajstić information content (AvgIpc) is 2.34. The minimum absolute atomic E-state index is 0.475. The average molecular weight is 135 g/mol. The topological polar surface area (TPSA) is 32.6 Å². The molecule has 0 unspecified atom stereocenters. The first kappa shape index (κ1) is 4.44. The molecule has 0 bridgehead atoms. The minimum Gasteiger partial charge on any atom is -0.344 e. The normalized spacial score (nSPS) is 11.9. The second kappa shape index (κ2) is 1.80. The molecule has 0 spiro atoms. The molecular formula is C7H8N3+. The molecule has 1 N–H and O–H groups in total. The number of H-pyrrole nitrogens is 1. The van der Waals surface area contributed by atoms with E-state index in [0.29, 0.717) is 6.04 Å². The molecule has 0 amide bonds. The molecule has 0 aliphatic heterocycles. The number of aromatic amines is 1. The Morgan fingerprint density at radius 1 is 1.80 bits per heavy atom. The lowest BCUT2D eigenvalue weighted by Crippen LogP contribution is -2.25. The molecule has 3 heteroatoms. The van der Waals surface area contributed by atoms with Crippen LogP contribution in [-0.2, 0) is 7.05 Å². The lowest BCUT2D eigenvalue weighted by molar-refractivity contribution is -0.670. The van der Waals surface area contributed by atoms with Crippen molar-refractivity contribution in [3.63, 3.8) is 0 Å². The van der Waals surface area contributed by atoms with Gasteiger partial charge in [-0.25, -0.2) is 9.55 Å². The Balaban J connectivity index is 2.91. The van der Waals surface area contributed by atoms with Crippen LogP contribution < -0.4 is 4.57 Å². The molecule has 2 aromatic heterocycles. The zero-order valence-corrected chi connectivity index (χ0v) is 5.63. The first-order valence-electron chi connectivity index (χ1n) is 3.56. The fourth-order valence-electron chi connectivity index (χ4n) is 0.915. The van der Waals surface area contributed by atoms with Crippen molar-refractivity contribution in [1.82, 2.24) is 9.97 Å². The maximum absolute atomic E-state index is 7.53. The highest BCUT2D eigenvalue weighted by Gasteiger charge is 1.98. The molecule has 0 radical (unpaired) electrons. The van der Waals surface area contributed by atoms with Crippen LogP contribution in [0.2, 0.25) is 0 Å². The molecule has 2 aromatic rings. The Kier molecular flexibility index (Phi) is 0.799. The predicted octanol–water partition coefficient (Wildman–Crippen LogP) is 0.387. The van der Waals surface area contributed by atoms with Crippen molar-refractivity contribution in [2.75, 3.05) is 0 Å². The lowest BCUT2D eigenvalue weighted by atomic mass is 10.4. The van der Waals surface area contributed by atoms with E-state index in [0.717, 1.165) is 11.0 Å². The summed E-state index contributed by atoms with van der Waals surface area (Å²) in [5.74, 6) is 0. The summed E-state index contributed by atoms with van der Waals surface area (Å²) in [6.45, 7) is 0. The number of nitrogens with one attached hydrogen (secondary N) is 1. The van der Waals surface area contributed by atoms with Crippen molar-refractivity contribution in [3.8, 4) is 0 Å². The van der Waals surface area contributed by atoms with Gasteiger partial charge in [0.15, 0.2) is 17.9 Å². The number of imidazole rings is 1. The van der Waals surface area contributed by atoms with Crippen LogP contribution in [0.25, 0.3) is 11.0 Å². The largest absolute Gasteiger partial charge is 0.344 e. The lowest BCUT2D eigenvalue weighted by Gasteiger charge is -1.84. The van der Waals surface area contributed by atoms with Crippen LogP contribution in [0.3, 0.4) is 0 Å². The van der Waals surface area contributed by atoms with Crippen molar-refractivity contribution in [1.29, 1.82) is 0 Å². The predicted molar refractivity (Wildman–Crippen MR) is 37.3 cm³/mol. The third kappa shape index (κ3) is 0.673. The van der Waals surface area contributed by atoms with Crippen LogP contribution in [0.4, 0.5) is 0 Å². The van der Waals surface area contributed by atoms with Crippen LogP contribution >= 0.6 is 0 Å². The summed E-state index contributed by atoms with van der Waals surface area (Å²) in [6, 6.07) is 0.475. The Morgan fingerprint density at radius 2 is 2.70 bits per heavy atom. The molecule has 3 nitrogen and oxygen atoms in total. The third-order valence-corrected chi connectivity index (χ3v) is 1.41. The quantitative estimate of drug-likeness (QED) is 0.521. The first-order valence-corrected chi connectivity index (χ1v) is 3.06. The summed E-state index contributed by atoms with van der Waals surface area (Å²) in [5, 5.41) is 0. The van der Waals surface area contributed by atoms with Gasteiger partial charge in [-0.3, -0.25) is 0 Å². The van der Waals surface area contributed by atoms with Crippen molar-refractivity contribution < 1.29 is 5.94 Å². The zero-order chi connectivity index (χ0) is 7.84. The minimum atomic E-state index is 0.475. The number of pyridine rings is 1. The van der Waals surface area contributed by atoms with Crippen molar-refractivity contribution >= 4 is 11.0 Å². The van der Waals surface area contributed by atoms with Gasteiger partial charge in [0.2, 0.25) is 0 Å². The molecule has 0 aromatic carbocycles. The van der Waals surface area contributed by atoms with Crippen molar-refractivity contribution in [3.05, 3.63) is 24.8 Å². The standard InChI is InChI=1S/C7H7N3/c1-10-3-2-6-7(4-10)9-5-8-6/h2-5H,1H3/p+1/i2D. The molecule has 50 valence electrons. The van der Waals surface area contributed by atoms with E-state index >= 15 is 0 Å². The Morgan fingerprint density at radius 3 is 3.60 bits per heavy atom. The fourth-order valence-corrected chi connectivity index (χ4v) is 0.915. The summed E-state index contributed by atoms with van der Waals surface area (Å²) in [5.41, 5.74) is 1.63. The summed E-state index contributed by atoms with van der Waals surface area (Å²) < 4.78 is 9.35. The number of rotatable bonds is 0. The van der Waals surface area contributed by atoms with Gasteiger partial charge in [0.05, 0.1) is 13.2 Å². The van der Waals surface area contributed by atoms with Gasteiger partial charge >= 0.3 is 0 Å². The number of hydrogen-bond acceptors (Lipinski definition) is 1. The van der Waals surface area contributed by atoms with Crippen LogP contribution in [-0.4, -0.2) is 9.97 Å². The van der Waals surface area contributed by atoms with Gasteiger partial charge in [-0.05, 0) is 0 Å². The van der Waals surface area contributed by atoms with E-state index in [9.17, 15) is 0 Å². The van der Waals surface area contributed by atoms with Gasteiger partial charge in [-0.2, -0.15) is 0 Å². The van der Waals surface area contributed by atoms with Gasteiger partial charge in [-0.1, -0.05) is 0 Å². The summed E-state index contributed by atoms with van der Waals surface area (Å²) >= 11 is 0. The molecule has 0 aliphatic carbocycles.